The van der Waals surface area contributed by atoms with Crippen LogP contribution in [0.3, 0.4) is 0 Å². The molecule has 2 aromatic carbocycles. The maximum atomic E-state index is 13.7. The number of carbonyl (C=O) groups is 1. The second kappa shape index (κ2) is 6.15. The predicted molar refractivity (Wildman–Crippen MR) is 94.4 cm³/mol. The number of hydrogen-bond donors (Lipinski definition) is 1. The van der Waals surface area contributed by atoms with Gasteiger partial charge in [-0.05, 0) is 47.9 Å². The minimum Gasteiger partial charge on any atom is -0.494 e. The molecule has 0 saturated carbocycles. The van der Waals surface area contributed by atoms with Crippen LogP contribution in [-0.2, 0) is 0 Å². The van der Waals surface area contributed by atoms with Crippen LogP contribution >= 0.6 is 0 Å². The maximum absolute atomic E-state index is 13.7. The fraction of sp³-hybridized carbons (Fsp3) is 0.350. The predicted octanol–water partition coefficient (Wildman–Crippen LogP) is 2.89. The lowest BCUT2D eigenvalue weighted by atomic mass is 9.86. The summed E-state index contributed by atoms with van der Waals surface area (Å²) in [7, 11) is 3.57. The molecule has 0 bridgehead atoms. The molecule has 0 spiro atoms. The van der Waals surface area contributed by atoms with Crippen LogP contribution in [0.25, 0.3) is 11.1 Å². The highest BCUT2D eigenvalue weighted by atomic mass is 19.1. The van der Waals surface area contributed by atoms with E-state index < -0.39 is 5.82 Å². The Morgan fingerprint density at radius 1 is 1.16 bits per heavy atom. The number of methoxy groups -OCH3 is 1. The van der Waals surface area contributed by atoms with E-state index >= 15 is 0 Å². The number of benzene rings is 2. The normalized spacial score (nSPS) is 22.8. The van der Waals surface area contributed by atoms with Gasteiger partial charge in [-0.15, -0.1) is 0 Å². The summed E-state index contributed by atoms with van der Waals surface area (Å²) in [5, 5.41) is 3.05. The van der Waals surface area contributed by atoms with Crippen LogP contribution < -0.4 is 10.1 Å². The number of carbonyl (C=O) groups excluding carboxylic acids is 1. The molecule has 1 fully saturated rings. The Morgan fingerprint density at radius 3 is 2.72 bits per heavy atom. The molecular weight excluding hydrogens is 319 g/mol. The van der Waals surface area contributed by atoms with Gasteiger partial charge in [0.2, 0.25) is 0 Å². The monoisotopic (exact) mass is 340 g/mol. The third-order valence-electron chi connectivity index (χ3n) is 5.33. The minimum atomic E-state index is -0.393. The number of hydrogen-bond acceptors (Lipinski definition) is 3. The molecule has 25 heavy (non-hydrogen) atoms. The quantitative estimate of drug-likeness (QED) is 0.914. The number of nitrogens with zero attached hydrogens (tertiary/aromatic N) is 1. The number of halogens is 1. The van der Waals surface area contributed by atoms with E-state index in [9.17, 15) is 9.18 Å². The van der Waals surface area contributed by atoms with Gasteiger partial charge in [0.05, 0.1) is 7.11 Å². The smallest absolute Gasteiger partial charge is 0.251 e. The highest BCUT2D eigenvalue weighted by Gasteiger charge is 2.36. The van der Waals surface area contributed by atoms with Gasteiger partial charge in [0.25, 0.3) is 5.91 Å². The van der Waals surface area contributed by atoms with Crippen molar-refractivity contribution in [2.75, 3.05) is 33.8 Å². The van der Waals surface area contributed by atoms with Gasteiger partial charge in [0.1, 0.15) is 0 Å². The Hall–Kier alpha value is -2.40. The number of likely N-dealkylation sites (tertiary alicyclic amines) is 1. The molecule has 4 rings (SSSR count). The van der Waals surface area contributed by atoms with Crippen molar-refractivity contribution in [2.45, 2.75) is 5.92 Å². The van der Waals surface area contributed by atoms with Crippen LogP contribution in [0.5, 0.6) is 5.75 Å². The zero-order valence-electron chi connectivity index (χ0n) is 14.4. The van der Waals surface area contributed by atoms with Gasteiger partial charge in [-0.1, -0.05) is 18.2 Å². The van der Waals surface area contributed by atoms with Crippen molar-refractivity contribution < 1.29 is 13.9 Å². The van der Waals surface area contributed by atoms with Crippen molar-refractivity contribution in [2.24, 2.45) is 5.92 Å². The van der Waals surface area contributed by atoms with Crippen molar-refractivity contribution in [1.82, 2.24) is 10.2 Å². The van der Waals surface area contributed by atoms with Crippen LogP contribution in [0.15, 0.2) is 36.4 Å². The molecule has 4 nitrogen and oxygen atoms in total. The Balaban J connectivity index is 1.78. The zero-order valence-corrected chi connectivity index (χ0v) is 14.4. The summed E-state index contributed by atoms with van der Waals surface area (Å²) < 4.78 is 18.7. The van der Waals surface area contributed by atoms with E-state index in [2.05, 4.69) is 23.3 Å². The van der Waals surface area contributed by atoms with Gasteiger partial charge >= 0.3 is 0 Å². The molecule has 5 heteroatoms. The van der Waals surface area contributed by atoms with Gasteiger partial charge in [-0.2, -0.15) is 0 Å². The molecule has 2 aliphatic rings. The first-order valence-corrected chi connectivity index (χ1v) is 8.51. The Labute approximate surface area is 146 Å². The first-order chi connectivity index (χ1) is 12.1. The molecule has 0 aliphatic carbocycles. The molecule has 0 unspecified atom stereocenters. The van der Waals surface area contributed by atoms with Gasteiger partial charge in [0.15, 0.2) is 11.6 Å². The minimum absolute atomic E-state index is 0.0250. The summed E-state index contributed by atoms with van der Waals surface area (Å²) in [6, 6.07) is 10.7. The average molecular weight is 340 g/mol. The van der Waals surface area contributed by atoms with E-state index in [1.165, 1.54) is 13.2 Å². The van der Waals surface area contributed by atoms with E-state index in [0.717, 1.165) is 35.3 Å². The number of fused-ring (bicyclic) bond motifs is 3. The summed E-state index contributed by atoms with van der Waals surface area (Å²) in [5.74, 6) is 0.607. The van der Waals surface area contributed by atoms with Crippen LogP contribution in [0.4, 0.5) is 4.39 Å². The van der Waals surface area contributed by atoms with Crippen molar-refractivity contribution in [3.63, 3.8) is 0 Å². The Kier molecular flexibility index (Phi) is 3.96. The fourth-order valence-electron chi connectivity index (χ4n) is 4.06. The lowest BCUT2D eigenvalue weighted by molar-refractivity contribution is 0.0951. The van der Waals surface area contributed by atoms with Crippen LogP contribution in [-0.4, -0.2) is 44.6 Å². The molecule has 130 valence electrons. The highest BCUT2D eigenvalue weighted by Crippen LogP contribution is 2.37. The summed E-state index contributed by atoms with van der Waals surface area (Å²) >= 11 is 0. The topological polar surface area (TPSA) is 41.6 Å². The van der Waals surface area contributed by atoms with E-state index in [-0.39, 0.29) is 11.7 Å². The van der Waals surface area contributed by atoms with Gasteiger partial charge in [0, 0.05) is 31.1 Å². The first-order valence-electron chi connectivity index (χ1n) is 8.51. The van der Waals surface area contributed by atoms with Crippen molar-refractivity contribution in [1.29, 1.82) is 0 Å². The number of rotatable bonds is 2. The number of ether oxygens (including phenoxy) is 1. The summed E-state index contributed by atoms with van der Waals surface area (Å²) in [4.78, 5) is 14.9. The second-order valence-electron chi connectivity index (χ2n) is 6.95. The number of amides is 1. The van der Waals surface area contributed by atoms with Crippen molar-refractivity contribution in [3.05, 3.63) is 53.3 Å². The van der Waals surface area contributed by atoms with E-state index in [0.29, 0.717) is 18.4 Å². The third kappa shape index (κ3) is 2.78. The van der Waals surface area contributed by atoms with Crippen molar-refractivity contribution in [3.8, 4) is 16.9 Å². The molecule has 2 heterocycles. The molecule has 1 N–H and O–H groups in total. The van der Waals surface area contributed by atoms with Gasteiger partial charge < -0.3 is 15.0 Å². The number of likely N-dealkylation sites (N-methyl/N-ethyl adjacent to an activating group) is 1. The molecule has 2 aromatic rings. The van der Waals surface area contributed by atoms with Crippen LogP contribution in [0, 0.1) is 11.7 Å². The largest absolute Gasteiger partial charge is 0.494 e. The van der Waals surface area contributed by atoms with Gasteiger partial charge in [-0.3, -0.25) is 4.79 Å². The Bertz CT molecular complexity index is 836. The molecule has 1 amide bonds. The Morgan fingerprint density at radius 2 is 1.92 bits per heavy atom. The third-order valence-corrected chi connectivity index (χ3v) is 5.33. The summed E-state index contributed by atoms with van der Waals surface area (Å²) in [6.45, 7) is 2.68. The molecule has 2 atom stereocenters. The average Bonchev–Trinajstić information content (AvgIpc) is 2.94. The van der Waals surface area contributed by atoms with Crippen LogP contribution in [0.2, 0.25) is 0 Å². The standard InChI is InChI=1S/C20H21FN2O2/c1-23-10-14-9-22-20(24)16-7-12(3-5-15(16)17(14)11-23)13-4-6-18(21)19(8-13)25-2/h3-8,14,17H,9-11H2,1-2H3,(H,22,24)/t14-,17-/m0/s1. The molecular formula is C20H21FN2O2. The van der Waals surface area contributed by atoms with Crippen molar-refractivity contribution >= 4 is 5.91 Å². The highest BCUT2D eigenvalue weighted by molar-refractivity contribution is 5.97. The van der Waals surface area contributed by atoms with E-state index in [1.54, 1.807) is 12.1 Å². The summed E-state index contributed by atoms with van der Waals surface area (Å²) in [5.41, 5.74) is 3.56. The van der Waals surface area contributed by atoms with Crippen LogP contribution in [0.1, 0.15) is 21.8 Å². The lowest BCUT2D eigenvalue weighted by Crippen LogP contribution is -2.29. The van der Waals surface area contributed by atoms with E-state index in [4.69, 9.17) is 4.74 Å². The van der Waals surface area contributed by atoms with Gasteiger partial charge in [-0.25, -0.2) is 4.39 Å². The number of nitrogens with one attached hydrogen (secondary N) is 1. The molecule has 1 saturated heterocycles. The molecule has 0 radical (unpaired) electrons. The SMILES string of the molecule is COc1cc(-c2ccc3c(c2)C(=O)NC[C@H]2CN(C)C[C@H]32)ccc1F. The maximum Gasteiger partial charge on any atom is 0.251 e. The van der Waals surface area contributed by atoms with E-state index in [1.807, 2.05) is 12.1 Å². The fourth-order valence-corrected chi connectivity index (χ4v) is 4.06. The molecule has 2 aliphatic heterocycles. The zero-order chi connectivity index (χ0) is 17.6. The lowest BCUT2D eigenvalue weighted by Gasteiger charge is -2.17. The first kappa shape index (κ1) is 16.1. The second-order valence-corrected chi connectivity index (χ2v) is 6.95. The summed E-state index contributed by atoms with van der Waals surface area (Å²) in [6.07, 6.45) is 0. The molecule has 0 aromatic heterocycles.